The Morgan fingerprint density at radius 2 is 1.77 bits per heavy atom. The molecule has 2 fully saturated rings. The predicted octanol–water partition coefficient (Wildman–Crippen LogP) is 4.82. The topological polar surface area (TPSA) is 50.8 Å². The molecular formula is C25H32N2O3. The van der Waals surface area contributed by atoms with Gasteiger partial charge >= 0.3 is 0 Å². The van der Waals surface area contributed by atoms with E-state index >= 15 is 0 Å². The molecule has 2 aromatic rings. The average Bonchev–Trinajstić information content (AvgIpc) is 3.57. The molecule has 1 saturated carbocycles. The Kier molecular flexibility index (Phi) is 6.16. The van der Waals surface area contributed by atoms with Gasteiger partial charge in [-0.3, -0.25) is 4.79 Å². The van der Waals surface area contributed by atoms with Crippen molar-refractivity contribution in [3.05, 3.63) is 53.6 Å². The zero-order chi connectivity index (χ0) is 21.1. The van der Waals surface area contributed by atoms with Crippen LogP contribution in [0.5, 0.6) is 11.5 Å². The Labute approximate surface area is 179 Å². The Morgan fingerprint density at radius 3 is 2.37 bits per heavy atom. The van der Waals surface area contributed by atoms with Crippen molar-refractivity contribution in [1.29, 1.82) is 0 Å². The Morgan fingerprint density at radius 1 is 1.07 bits per heavy atom. The van der Waals surface area contributed by atoms with Crippen molar-refractivity contribution in [3.63, 3.8) is 0 Å². The Bertz CT molecular complexity index is 868. The quantitative estimate of drug-likeness (QED) is 0.714. The van der Waals surface area contributed by atoms with E-state index in [2.05, 4.69) is 46.6 Å². The highest BCUT2D eigenvalue weighted by Gasteiger charge is 2.26. The van der Waals surface area contributed by atoms with Crippen LogP contribution in [0.2, 0.25) is 0 Å². The fourth-order valence-electron chi connectivity index (χ4n) is 4.27. The van der Waals surface area contributed by atoms with Gasteiger partial charge in [0, 0.05) is 26.1 Å². The molecule has 30 heavy (non-hydrogen) atoms. The lowest BCUT2D eigenvalue weighted by Crippen LogP contribution is -2.33. The first-order valence-corrected chi connectivity index (χ1v) is 11.0. The molecule has 0 radical (unpaired) electrons. The molecule has 1 N–H and O–H groups in total. The van der Waals surface area contributed by atoms with E-state index in [1.807, 2.05) is 13.0 Å². The zero-order valence-electron chi connectivity index (χ0n) is 18.2. The first-order chi connectivity index (χ1) is 14.5. The molecule has 1 saturated heterocycles. The molecule has 2 aliphatic rings. The van der Waals surface area contributed by atoms with Gasteiger partial charge in [0.1, 0.15) is 11.5 Å². The molecule has 5 heteroatoms. The molecule has 5 nitrogen and oxygen atoms in total. The highest BCUT2D eigenvalue weighted by atomic mass is 16.5. The van der Waals surface area contributed by atoms with Gasteiger partial charge < -0.3 is 19.7 Å². The smallest absolute Gasteiger partial charge is 0.217 e. The molecule has 1 aliphatic carbocycles. The number of benzene rings is 2. The van der Waals surface area contributed by atoms with Crippen LogP contribution in [0.15, 0.2) is 42.5 Å². The predicted molar refractivity (Wildman–Crippen MR) is 120 cm³/mol. The number of nitrogens with zero attached hydrogens (tertiary/aromatic N) is 1. The third-order valence-corrected chi connectivity index (χ3v) is 6.14. The minimum absolute atomic E-state index is 0.00140. The number of hydrogen-bond acceptors (Lipinski definition) is 4. The van der Waals surface area contributed by atoms with Gasteiger partial charge in [-0.2, -0.15) is 0 Å². The normalized spacial score (nSPS) is 18.0. The lowest BCUT2D eigenvalue weighted by Gasteiger charge is -2.34. The summed E-state index contributed by atoms with van der Waals surface area (Å²) in [4.78, 5) is 13.7. The Balaban J connectivity index is 1.37. The van der Waals surface area contributed by atoms with Crippen LogP contribution in [0.1, 0.15) is 62.6 Å². The summed E-state index contributed by atoms with van der Waals surface area (Å²) < 4.78 is 11.6. The van der Waals surface area contributed by atoms with Gasteiger partial charge in [0.25, 0.3) is 0 Å². The summed E-state index contributed by atoms with van der Waals surface area (Å²) in [6.07, 6.45) is 4.94. The maximum absolute atomic E-state index is 11.3. The second-order valence-corrected chi connectivity index (χ2v) is 8.50. The van der Waals surface area contributed by atoms with E-state index in [4.69, 9.17) is 9.47 Å². The minimum atomic E-state index is 0.00140. The van der Waals surface area contributed by atoms with Gasteiger partial charge in [-0.1, -0.05) is 24.3 Å². The van der Waals surface area contributed by atoms with E-state index < -0.39 is 0 Å². The van der Waals surface area contributed by atoms with Crippen LogP contribution in [-0.4, -0.2) is 32.2 Å². The van der Waals surface area contributed by atoms with Crippen LogP contribution < -0.4 is 19.7 Å². The number of hydrogen-bond donors (Lipinski definition) is 1. The van der Waals surface area contributed by atoms with Crippen LogP contribution in [-0.2, 0) is 4.79 Å². The van der Waals surface area contributed by atoms with Crippen LogP contribution in [0.25, 0.3) is 0 Å². The van der Waals surface area contributed by atoms with Gasteiger partial charge in [-0.15, -0.1) is 0 Å². The fraction of sp³-hybridized carbons (Fsp3) is 0.480. The SMILES string of the molecule is COc1cc(OC2CC2)ccc1N1CCC(c2ccc([C@H](C)NC(C)=O)cc2)CC1. The molecule has 0 unspecified atom stereocenters. The summed E-state index contributed by atoms with van der Waals surface area (Å²) in [5.41, 5.74) is 3.68. The van der Waals surface area contributed by atoms with E-state index in [1.165, 1.54) is 5.56 Å². The molecule has 1 aliphatic heterocycles. The van der Waals surface area contributed by atoms with E-state index in [0.29, 0.717) is 12.0 Å². The first kappa shape index (κ1) is 20.6. The van der Waals surface area contributed by atoms with E-state index in [-0.39, 0.29) is 11.9 Å². The number of methoxy groups -OCH3 is 1. The minimum Gasteiger partial charge on any atom is -0.494 e. The number of ether oxygens (including phenoxy) is 2. The summed E-state index contributed by atoms with van der Waals surface area (Å²) >= 11 is 0. The highest BCUT2D eigenvalue weighted by molar-refractivity contribution is 5.73. The summed E-state index contributed by atoms with van der Waals surface area (Å²) in [5.74, 6) is 2.36. The van der Waals surface area contributed by atoms with Crippen molar-refractivity contribution in [2.45, 2.75) is 57.6 Å². The molecule has 2 aromatic carbocycles. The van der Waals surface area contributed by atoms with Crippen molar-refractivity contribution in [3.8, 4) is 11.5 Å². The van der Waals surface area contributed by atoms with Crippen LogP contribution in [0.3, 0.4) is 0 Å². The number of anilines is 1. The molecule has 1 heterocycles. The molecule has 0 spiro atoms. The van der Waals surface area contributed by atoms with Crippen molar-refractivity contribution in [2.75, 3.05) is 25.1 Å². The molecular weight excluding hydrogens is 376 g/mol. The maximum Gasteiger partial charge on any atom is 0.217 e. The fourth-order valence-corrected chi connectivity index (χ4v) is 4.27. The average molecular weight is 409 g/mol. The molecule has 1 atom stereocenters. The van der Waals surface area contributed by atoms with E-state index in [1.54, 1.807) is 14.0 Å². The molecule has 0 bridgehead atoms. The largest absolute Gasteiger partial charge is 0.494 e. The summed E-state index contributed by atoms with van der Waals surface area (Å²) in [7, 11) is 1.73. The zero-order valence-corrected chi connectivity index (χ0v) is 18.2. The van der Waals surface area contributed by atoms with Gasteiger partial charge in [0.2, 0.25) is 5.91 Å². The van der Waals surface area contributed by atoms with E-state index in [9.17, 15) is 4.79 Å². The third kappa shape index (κ3) is 4.89. The number of carbonyl (C=O) groups excluding carboxylic acids is 1. The van der Waals surface area contributed by atoms with Gasteiger partial charge in [-0.25, -0.2) is 0 Å². The van der Waals surface area contributed by atoms with Crippen molar-refractivity contribution >= 4 is 11.6 Å². The number of piperidine rings is 1. The van der Waals surface area contributed by atoms with Crippen LogP contribution >= 0.6 is 0 Å². The van der Waals surface area contributed by atoms with Crippen LogP contribution in [0.4, 0.5) is 5.69 Å². The number of carbonyl (C=O) groups is 1. The second kappa shape index (κ2) is 8.99. The van der Waals surface area contributed by atoms with Crippen molar-refractivity contribution < 1.29 is 14.3 Å². The monoisotopic (exact) mass is 408 g/mol. The van der Waals surface area contributed by atoms with Crippen molar-refractivity contribution in [2.24, 2.45) is 0 Å². The molecule has 160 valence electrons. The second-order valence-electron chi connectivity index (χ2n) is 8.50. The number of nitrogens with one attached hydrogen (secondary N) is 1. The molecule has 0 aromatic heterocycles. The lowest BCUT2D eigenvalue weighted by molar-refractivity contribution is -0.119. The molecule has 1 amide bonds. The van der Waals surface area contributed by atoms with Crippen LogP contribution in [0, 0.1) is 0 Å². The van der Waals surface area contributed by atoms with Crippen molar-refractivity contribution in [1.82, 2.24) is 5.32 Å². The van der Waals surface area contributed by atoms with E-state index in [0.717, 1.165) is 61.5 Å². The standard InChI is InChI=1S/C25H32N2O3/c1-17(26-18(2)28)19-4-6-20(7-5-19)21-12-14-27(15-13-21)24-11-10-23(16-25(24)29-3)30-22-8-9-22/h4-7,10-11,16-17,21-22H,8-9,12-15H2,1-3H3,(H,26,28)/t17-/m0/s1. The number of amides is 1. The summed E-state index contributed by atoms with van der Waals surface area (Å²) in [6, 6.07) is 15.0. The number of rotatable bonds is 7. The molecule has 4 rings (SSSR count). The lowest BCUT2D eigenvalue weighted by atomic mass is 9.88. The first-order valence-electron chi connectivity index (χ1n) is 11.0. The van der Waals surface area contributed by atoms with Gasteiger partial charge in [0.15, 0.2) is 0 Å². The third-order valence-electron chi connectivity index (χ3n) is 6.14. The summed E-state index contributed by atoms with van der Waals surface area (Å²) in [5, 5.41) is 2.94. The maximum atomic E-state index is 11.3. The summed E-state index contributed by atoms with van der Waals surface area (Å²) in [6.45, 7) is 5.59. The van der Waals surface area contributed by atoms with Gasteiger partial charge in [0.05, 0.1) is 24.9 Å². The van der Waals surface area contributed by atoms with Gasteiger partial charge in [-0.05, 0) is 61.8 Å². The Hall–Kier alpha value is -2.69. The highest BCUT2D eigenvalue weighted by Crippen LogP contribution is 2.38.